The van der Waals surface area contributed by atoms with Crippen molar-refractivity contribution >= 4 is 51.9 Å². The molecule has 0 spiro atoms. The minimum Gasteiger partial charge on any atom is -0.490 e. The average Bonchev–Trinajstić information content (AvgIpc) is 2.83. The van der Waals surface area contributed by atoms with E-state index in [-0.39, 0.29) is 17.7 Å². The van der Waals surface area contributed by atoms with E-state index in [9.17, 15) is 9.59 Å². The molecule has 1 fully saturated rings. The van der Waals surface area contributed by atoms with Gasteiger partial charge in [-0.25, -0.2) is 0 Å². The number of anilines is 1. The van der Waals surface area contributed by atoms with E-state index in [1.807, 2.05) is 32.0 Å². The van der Waals surface area contributed by atoms with Crippen LogP contribution in [0.4, 0.5) is 5.69 Å². The van der Waals surface area contributed by atoms with Crippen molar-refractivity contribution in [3.8, 4) is 5.75 Å². The van der Waals surface area contributed by atoms with Crippen LogP contribution in [0.2, 0.25) is 0 Å². The number of ether oxygens (including phenoxy) is 1. The van der Waals surface area contributed by atoms with Gasteiger partial charge in [0.05, 0.1) is 17.1 Å². The Bertz CT molecular complexity index is 728. The SMILES string of the molecule is CC(C)C(=O)N1CCOc2ccc(/C=C3\SC(=S)NC3=O)cc21. The fourth-order valence-electron chi connectivity index (χ4n) is 2.44. The van der Waals surface area contributed by atoms with Gasteiger partial charge in [-0.1, -0.05) is 43.9 Å². The minimum absolute atomic E-state index is 0.0634. The van der Waals surface area contributed by atoms with Crippen LogP contribution in [0.5, 0.6) is 5.75 Å². The van der Waals surface area contributed by atoms with Gasteiger partial charge in [0.15, 0.2) is 0 Å². The zero-order valence-electron chi connectivity index (χ0n) is 12.8. The third kappa shape index (κ3) is 3.25. The van der Waals surface area contributed by atoms with E-state index in [0.29, 0.717) is 28.1 Å². The van der Waals surface area contributed by atoms with E-state index < -0.39 is 0 Å². The second kappa shape index (κ2) is 6.33. The first-order valence-electron chi connectivity index (χ1n) is 7.29. The van der Waals surface area contributed by atoms with Crippen molar-refractivity contribution in [2.24, 2.45) is 5.92 Å². The van der Waals surface area contributed by atoms with Crippen molar-refractivity contribution in [3.63, 3.8) is 0 Å². The van der Waals surface area contributed by atoms with Crippen LogP contribution in [-0.2, 0) is 9.59 Å². The highest BCUT2D eigenvalue weighted by Gasteiger charge is 2.26. The van der Waals surface area contributed by atoms with Crippen LogP contribution in [0.1, 0.15) is 19.4 Å². The monoisotopic (exact) mass is 348 g/mol. The molecule has 0 saturated carbocycles. The summed E-state index contributed by atoms with van der Waals surface area (Å²) in [5.74, 6) is 0.473. The number of amides is 2. The van der Waals surface area contributed by atoms with Gasteiger partial charge >= 0.3 is 0 Å². The van der Waals surface area contributed by atoms with Crippen LogP contribution in [0.25, 0.3) is 6.08 Å². The summed E-state index contributed by atoms with van der Waals surface area (Å²) in [6.07, 6.45) is 1.77. The van der Waals surface area contributed by atoms with Crippen molar-refractivity contribution in [3.05, 3.63) is 28.7 Å². The Labute approximate surface area is 144 Å². The average molecular weight is 348 g/mol. The largest absolute Gasteiger partial charge is 0.490 e. The van der Waals surface area contributed by atoms with Gasteiger partial charge in [0.1, 0.15) is 16.7 Å². The maximum absolute atomic E-state index is 12.4. The predicted octanol–water partition coefficient (Wildman–Crippen LogP) is 2.56. The molecule has 23 heavy (non-hydrogen) atoms. The lowest BCUT2D eigenvalue weighted by molar-refractivity contribution is -0.121. The molecule has 1 N–H and O–H groups in total. The molecule has 0 bridgehead atoms. The molecule has 2 heterocycles. The second-order valence-corrected chi connectivity index (χ2v) is 7.29. The molecule has 1 saturated heterocycles. The van der Waals surface area contributed by atoms with E-state index in [2.05, 4.69) is 5.32 Å². The third-order valence-corrected chi connectivity index (χ3v) is 4.71. The Morgan fingerprint density at radius 2 is 2.26 bits per heavy atom. The molecule has 0 radical (unpaired) electrons. The predicted molar refractivity (Wildman–Crippen MR) is 95.4 cm³/mol. The fourth-order valence-corrected chi connectivity index (χ4v) is 3.48. The highest BCUT2D eigenvalue weighted by molar-refractivity contribution is 8.26. The Morgan fingerprint density at radius 3 is 2.91 bits per heavy atom. The second-order valence-electron chi connectivity index (χ2n) is 5.57. The number of carbonyl (C=O) groups excluding carboxylic acids is 2. The number of carbonyl (C=O) groups is 2. The summed E-state index contributed by atoms with van der Waals surface area (Å²) in [5.41, 5.74) is 1.58. The molecule has 0 aliphatic carbocycles. The molecular formula is C16H16N2O3S2. The Morgan fingerprint density at radius 1 is 1.48 bits per heavy atom. The van der Waals surface area contributed by atoms with Gasteiger partial charge in [-0.15, -0.1) is 0 Å². The van der Waals surface area contributed by atoms with Crippen LogP contribution in [0.15, 0.2) is 23.1 Å². The number of hydrogen-bond donors (Lipinski definition) is 1. The third-order valence-electron chi connectivity index (χ3n) is 3.55. The standard InChI is InChI=1S/C16H16N2O3S2/c1-9(2)15(20)18-5-6-21-12-4-3-10(7-11(12)18)8-13-14(19)17-16(22)23-13/h3-4,7-9H,5-6H2,1-2H3,(H,17,19,22)/b13-8-. The molecule has 7 heteroatoms. The molecule has 3 rings (SSSR count). The summed E-state index contributed by atoms with van der Waals surface area (Å²) in [4.78, 5) is 26.4. The number of thiocarbonyl (C=S) groups is 1. The highest BCUT2D eigenvalue weighted by Crippen LogP contribution is 2.35. The topological polar surface area (TPSA) is 58.6 Å². The van der Waals surface area contributed by atoms with Crippen molar-refractivity contribution in [1.29, 1.82) is 0 Å². The minimum atomic E-state index is -0.191. The van der Waals surface area contributed by atoms with Crippen LogP contribution in [-0.4, -0.2) is 29.3 Å². The number of nitrogens with zero attached hydrogens (tertiary/aromatic N) is 1. The van der Waals surface area contributed by atoms with E-state index >= 15 is 0 Å². The van der Waals surface area contributed by atoms with Gasteiger partial charge in [-0.3, -0.25) is 9.59 Å². The van der Waals surface area contributed by atoms with Crippen LogP contribution in [0.3, 0.4) is 0 Å². The number of hydrogen-bond acceptors (Lipinski definition) is 5. The van der Waals surface area contributed by atoms with Gasteiger partial charge < -0.3 is 15.0 Å². The maximum atomic E-state index is 12.4. The lowest BCUT2D eigenvalue weighted by atomic mass is 10.1. The zero-order valence-corrected chi connectivity index (χ0v) is 14.4. The molecule has 120 valence electrons. The van der Waals surface area contributed by atoms with Crippen LogP contribution in [0, 0.1) is 5.92 Å². The molecule has 1 aromatic carbocycles. The van der Waals surface area contributed by atoms with Gasteiger partial charge in [0, 0.05) is 5.92 Å². The number of rotatable bonds is 2. The van der Waals surface area contributed by atoms with Gasteiger partial charge in [-0.05, 0) is 23.8 Å². The summed E-state index contributed by atoms with van der Waals surface area (Å²) < 4.78 is 6.08. The fraction of sp³-hybridized carbons (Fsp3) is 0.312. The molecular weight excluding hydrogens is 332 g/mol. The number of benzene rings is 1. The van der Waals surface area contributed by atoms with Gasteiger partial charge in [0.25, 0.3) is 5.91 Å². The first kappa shape index (κ1) is 16.0. The molecule has 5 nitrogen and oxygen atoms in total. The van der Waals surface area contributed by atoms with Gasteiger partial charge in [0.2, 0.25) is 5.91 Å². The number of fused-ring (bicyclic) bond motifs is 1. The molecule has 2 aliphatic heterocycles. The summed E-state index contributed by atoms with van der Waals surface area (Å²) in [7, 11) is 0. The van der Waals surface area contributed by atoms with Crippen molar-refractivity contribution < 1.29 is 14.3 Å². The Hall–Kier alpha value is -1.86. The summed E-state index contributed by atoms with van der Waals surface area (Å²) in [5, 5.41) is 2.59. The maximum Gasteiger partial charge on any atom is 0.263 e. The highest BCUT2D eigenvalue weighted by atomic mass is 32.2. The van der Waals surface area contributed by atoms with Gasteiger partial charge in [-0.2, -0.15) is 0 Å². The summed E-state index contributed by atoms with van der Waals surface area (Å²) in [6, 6.07) is 5.57. The summed E-state index contributed by atoms with van der Waals surface area (Å²) in [6.45, 7) is 4.77. The van der Waals surface area contributed by atoms with Crippen LogP contribution < -0.4 is 15.0 Å². The molecule has 2 amide bonds. The first-order chi connectivity index (χ1) is 11.0. The quantitative estimate of drug-likeness (QED) is 0.657. The normalized spacial score (nSPS) is 18.9. The number of thioether (sulfide) groups is 1. The lowest BCUT2D eigenvalue weighted by Crippen LogP contribution is -2.40. The molecule has 2 aliphatic rings. The van der Waals surface area contributed by atoms with E-state index in [0.717, 1.165) is 11.3 Å². The van der Waals surface area contributed by atoms with Crippen molar-refractivity contribution in [2.75, 3.05) is 18.1 Å². The summed E-state index contributed by atoms with van der Waals surface area (Å²) >= 11 is 6.22. The Balaban J connectivity index is 1.96. The van der Waals surface area contributed by atoms with E-state index in [1.54, 1.807) is 11.0 Å². The lowest BCUT2D eigenvalue weighted by Gasteiger charge is -2.31. The number of nitrogens with one attached hydrogen (secondary N) is 1. The molecule has 0 aromatic heterocycles. The van der Waals surface area contributed by atoms with Crippen molar-refractivity contribution in [1.82, 2.24) is 5.32 Å². The van der Waals surface area contributed by atoms with Crippen molar-refractivity contribution in [2.45, 2.75) is 13.8 Å². The smallest absolute Gasteiger partial charge is 0.263 e. The van der Waals surface area contributed by atoms with Crippen LogP contribution >= 0.6 is 24.0 Å². The first-order valence-corrected chi connectivity index (χ1v) is 8.51. The zero-order chi connectivity index (χ0) is 16.6. The molecule has 0 unspecified atom stereocenters. The molecule has 1 aromatic rings. The Kier molecular flexibility index (Phi) is 4.41. The molecule has 0 atom stereocenters. The van der Waals surface area contributed by atoms with E-state index in [4.69, 9.17) is 17.0 Å². The van der Waals surface area contributed by atoms with E-state index in [1.165, 1.54) is 11.8 Å².